The molecule has 3 amide bonds. The summed E-state index contributed by atoms with van der Waals surface area (Å²) in [6.45, 7) is 0. The minimum atomic E-state index is -1.44. The molecular weight excluding hydrogens is 471 g/mol. The van der Waals surface area contributed by atoms with Crippen LogP contribution in [0.15, 0.2) is 114 Å². The van der Waals surface area contributed by atoms with Crippen LogP contribution in [0.3, 0.4) is 0 Å². The van der Waals surface area contributed by atoms with Gasteiger partial charge in [0.1, 0.15) is 11.9 Å². The number of hydrogen-bond acceptors (Lipinski definition) is 4. The molecule has 0 radical (unpaired) electrons. The summed E-state index contributed by atoms with van der Waals surface area (Å²) in [6.07, 6.45) is 13.2. The summed E-state index contributed by atoms with van der Waals surface area (Å²) in [5.74, 6) is -1.46. The van der Waals surface area contributed by atoms with E-state index in [9.17, 15) is 19.2 Å². The predicted octanol–water partition coefficient (Wildman–Crippen LogP) is 5.23. The van der Waals surface area contributed by atoms with E-state index < -0.39 is 23.8 Å². The predicted molar refractivity (Wildman–Crippen MR) is 132 cm³/mol. The van der Waals surface area contributed by atoms with E-state index in [1.807, 2.05) is 0 Å². The van der Waals surface area contributed by atoms with Gasteiger partial charge in [0.2, 0.25) is 0 Å². The number of urea groups is 1. The van der Waals surface area contributed by atoms with Gasteiger partial charge in [0.05, 0.1) is 5.71 Å². The topological polar surface area (TPSA) is 99.2 Å². The quantitative estimate of drug-likeness (QED) is 0.613. The zero-order valence-electron chi connectivity index (χ0n) is 18.3. The number of nitrogens with zero attached hydrogens (tertiary/aromatic N) is 3. The molecule has 1 atom stereocenters. The first-order valence-corrected chi connectivity index (χ1v) is 10.9. The van der Waals surface area contributed by atoms with Gasteiger partial charge in [-0.2, -0.15) is 0 Å². The molecular formula is C26H20ClFN4O3. The zero-order valence-corrected chi connectivity index (χ0v) is 19.0. The molecule has 1 aliphatic heterocycles. The maximum Gasteiger partial charge on any atom is 0.320 e. The molecule has 0 bridgehead atoms. The number of rotatable bonds is 4. The van der Waals surface area contributed by atoms with Gasteiger partial charge >= 0.3 is 6.03 Å². The van der Waals surface area contributed by atoms with Crippen LogP contribution in [0.25, 0.3) is 0 Å². The molecule has 4 rings (SSSR count). The molecule has 35 heavy (non-hydrogen) atoms. The van der Waals surface area contributed by atoms with E-state index in [0.717, 1.165) is 21.1 Å². The standard InChI is InChI=1S/C26H20ClFN4O3/c27-19-7-11-21(12-8-19)32(26(29)34)24(22-3-1-2-4-23(22)28)25(33)30-20-9-5-17(6-10-20)18-13-15-31(35)16-14-18/h1-16,24,35H,(H2,29,34). The Labute approximate surface area is 205 Å². The number of nitrogens with two attached hydrogens (primary N) is 1. The van der Waals surface area contributed by atoms with E-state index in [1.165, 1.54) is 54.9 Å². The fourth-order valence-electron chi connectivity index (χ4n) is 3.61. The molecule has 1 heterocycles. The van der Waals surface area contributed by atoms with Crippen LogP contribution in [0.4, 0.5) is 14.9 Å². The summed E-state index contributed by atoms with van der Waals surface area (Å²) < 4.78 is 14.8. The van der Waals surface area contributed by atoms with Crippen molar-refractivity contribution in [2.75, 3.05) is 4.90 Å². The summed E-state index contributed by atoms with van der Waals surface area (Å²) in [6, 6.07) is 9.35. The Hall–Kier alpha value is -4.27. The smallest absolute Gasteiger partial charge is 0.320 e. The largest absolute Gasteiger partial charge is 0.351 e. The minimum absolute atomic E-state index is 0.0480. The second-order valence-corrected chi connectivity index (χ2v) is 8.01. The van der Waals surface area contributed by atoms with Crippen LogP contribution in [0.2, 0.25) is 5.02 Å². The van der Waals surface area contributed by atoms with Gasteiger partial charge in [-0.15, -0.1) is 0 Å². The Morgan fingerprint density at radius 2 is 1.54 bits per heavy atom. The molecule has 0 fully saturated rings. The second kappa shape index (κ2) is 10.3. The van der Waals surface area contributed by atoms with Crippen LogP contribution in [-0.2, 0) is 4.79 Å². The third-order valence-electron chi connectivity index (χ3n) is 5.29. The Balaban J connectivity index is 1.71. The first kappa shape index (κ1) is 23.9. The highest BCUT2D eigenvalue weighted by Crippen LogP contribution is 2.31. The maximum atomic E-state index is 14.8. The van der Waals surface area contributed by atoms with Crippen molar-refractivity contribution in [3.63, 3.8) is 0 Å². The van der Waals surface area contributed by atoms with Crippen LogP contribution in [0, 0.1) is 5.82 Å². The van der Waals surface area contributed by atoms with Gasteiger partial charge in [0, 0.05) is 28.7 Å². The van der Waals surface area contributed by atoms with E-state index >= 15 is 0 Å². The summed E-state index contributed by atoms with van der Waals surface area (Å²) >= 11 is 5.96. The number of carbonyl (C=O) groups excluding carboxylic acids is 2. The number of hydrogen-bond donors (Lipinski definition) is 2. The van der Waals surface area contributed by atoms with E-state index in [4.69, 9.17) is 17.3 Å². The van der Waals surface area contributed by atoms with E-state index in [-0.39, 0.29) is 11.3 Å². The van der Waals surface area contributed by atoms with Gasteiger partial charge in [0.15, 0.2) is 0 Å². The number of allylic oxidation sites excluding steroid dienone is 8. The molecule has 0 saturated carbocycles. The van der Waals surface area contributed by atoms with Gasteiger partial charge in [-0.05, 0) is 65.8 Å². The average Bonchev–Trinajstić information content (AvgIpc) is 2.85. The highest BCUT2D eigenvalue weighted by molar-refractivity contribution is 6.30. The highest BCUT2D eigenvalue weighted by Gasteiger charge is 2.33. The summed E-state index contributed by atoms with van der Waals surface area (Å²) in [7, 11) is 0. The van der Waals surface area contributed by atoms with Crippen molar-refractivity contribution >= 4 is 34.9 Å². The lowest BCUT2D eigenvalue weighted by Gasteiger charge is -2.29. The van der Waals surface area contributed by atoms with Crippen molar-refractivity contribution in [1.29, 1.82) is 0 Å². The molecule has 0 spiro atoms. The van der Waals surface area contributed by atoms with Gasteiger partial charge in [-0.3, -0.25) is 14.9 Å². The van der Waals surface area contributed by atoms with Gasteiger partial charge in [-0.25, -0.2) is 19.2 Å². The third-order valence-corrected chi connectivity index (χ3v) is 5.54. The highest BCUT2D eigenvalue weighted by atomic mass is 35.5. The molecule has 1 unspecified atom stereocenters. The van der Waals surface area contributed by atoms with Crippen molar-refractivity contribution in [2.45, 2.75) is 6.04 Å². The first-order chi connectivity index (χ1) is 16.8. The molecule has 9 heteroatoms. The Kier molecular flexibility index (Phi) is 7.05. The second-order valence-electron chi connectivity index (χ2n) is 7.57. The van der Waals surface area contributed by atoms with Crippen molar-refractivity contribution in [1.82, 2.24) is 5.06 Å². The molecule has 3 N–H and O–H groups in total. The average molecular weight is 491 g/mol. The number of halogens is 2. The molecule has 2 aliphatic rings. The SMILES string of the molecule is NC(=O)N(c1ccc(Cl)cc1)C(C(=O)N=C1C=CC(=C2C=CN(O)C=C2)C=C1)c1ccccc1F. The number of amides is 3. The molecule has 0 aromatic heterocycles. The number of aliphatic imine (C=N–C) groups is 1. The Morgan fingerprint density at radius 1 is 0.943 bits per heavy atom. The van der Waals surface area contributed by atoms with Crippen LogP contribution in [0.1, 0.15) is 11.6 Å². The summed E-state index contributed by atoms with van der Waals surface area (Å²) in [5, 5.41) is 10.7. The lowest BCUT2D eigenvalue weighted by Crippen LogP contribution is -2.42. The molecule has 176 valence electrons. The molecule has 1 aliphatic carbocycles. The van der Waals surface area contributed by atoms with Gasteiger partial charge in [0.25, 0.3) is 5.91 Å². The van der Waals surface area contributed by atoms with E-state index in [1.54, 1.807) is 42.5 Å². The number of primary amides is 1. The van der Waals surface area contributed by atoms with E-state index in [0.29, 0.717) is 10.7 Å². The van der Waals surface area contributed by atoms with E-state index in [2.05, 4.69) is 4.99 Å². The molecule has 2 aromatic carbocycles. The van der Waals surface area contributed by atoms with Crippen LogP contribution >= 0.6 is 11.6 Å². The summed E-state index contributed by atoms with van der Waals surface area (Å²) in [5.41, 5.74) is 7.85. The van der Waals surface area contributed by atoms with Crippen molar-refractivity contribution in [3.8, 4) is 0 Å². The third kappa shape index (κ3) is 5.46. The van der Waals surface area contributed by atoms with Crippen LogP contribution in [0.5, 0.6) is 0 Å². The lowest BCUT2D eigenvalue weighted by atomic mass is 10.0. The minimum Gasteiger partial charge on any atom is -0.351 e. The monoisotopic (exact) mass is 490 g/mol. The lowest BCUT2D eigenvalue weighted by molar-refractivity contribution is -0.119. The van der Waals surface area contributed by atoms with Crippen molar-refractivity contribution in [3.05, 3.63) is 125 Å². The molecule has 7 nitrogen and oxygen atoms in total. The first-order valence-electron chi connectivity index (χ1n) is 10.5. The number of carbonyl (C=O) groups is 2. The zero-order chi connectivity index (χ0) is 24.9. The Morgan fingerprint density at radius 3 is 2.14 bits per heavy atom. The normalized spacial score (nSPS) is 15.4. The Bertz CT molecular complexity index is 1310. The van der Waals surface area contributed by atoms with Crippen LogP contribution in [-0.4, -0.2) is 27.9 Å². The summed E-state index contributed by atoms with van der Waals surface area (Å²) in [4.78, 5) is 31.0. The van der Waals surface area contributed by atoms with Gasteiger partial charge < -0.3 is 5.73 Å². The molecule has 0 saturated heterocycles. The van der Waals surface area contributed by atoms with Crippen LogP contribution < -0.4 is 10.6 Å². The fourth-order valence-corrected chi connectivity index (χ4v) is 3.74. The maximum absolute atomic E-state index is 14.8. The number of benzene rings is 2. The van der Waals surface area contributed by atoms with Crippen molar-refractivity contribution in [2.24, 2.45) is 10.7 Å². The number of anilines is 1. The van der Waals surface area contributed by atoms with Crippen molar-refractivity contribution < 1.29 is 19.2 Å². The van der Waals surface area contributed by atoms with Gasteiger partial charge in [-0.1, -0.05) is 42.0 Å². The number of hydroxylamine groups is 2. The fraction of sp³-hybridized carbons (Fsp3) is 0.0385. The molecule has 2 aromatic rings.